The van der Waals surface area contributed by atoms with Gasteiger partial charge < -0.3 is 16.3 Å². The Morgan fingerprint density at radius 1 is 1.35 bits per heavy atom. The molecule has 1 rings (SSSR count). The van der Waals surface area contributed by atoms with Crippen molar-refractivity contribution in [1.29, 1.82) is 0 Å². The van der Waals surface area contributed by atoms with E-state index in [9.17, 15) is 17.6 Å². The molecule has 0 aliphatic carbocycles. The maximum atomic E-state index is 12.7. The van der Waals surface area contributed by atoms with Crippen molar-refractivity contribution in [2.45, 2.75) is 19.1 Å². The molecule has 0 aliphatic heterocycles. The topological polar surface area (TPSA) is 70.6 Å². The Labute approximate surface area is 113 Å². The van der Waals surface area contributed by atoms with Gasteiger partial charge in [0.25, 0.3) is 0 Å². The highest BCUT2D eigenvalue weighted by atomic mass is 19.4. The predicted octanol–water partition coefficient (Wildman–Crippen LogP) is 2.40. The van der Waals surface area contributed by atoms with E-state index in [2.05, 4.69) is 10.5 Å². The van der Waals surface area contributed by atoms with Gasteiger partial charge in [-0.1, -0.05) is 17.3 Å². The Balaban J connectivity index is 2.70. The van der Waals surface area contributed by atoms with E-state index in [1.807, 2.05) is 0 Å². The van der Waals surface area contributed by atoms with Crippen molar-refractivity contribution in [1.82, 2.24) is 5.32 Å². The van der Waals surface area contributed by atoms with Crippen LogP contribution in [0.3, 0.4) is 0 Å². The summed E-state index contributed by atoms with van der Waals surface area (Å²) in [5, 5.41) is 13.4. The highest BCUT2D eigenvalue weighted by Crippen LogP contribution is 2.26. The molecule has 0 aliphatic rings. The van der Waals surface area contributed by atoms with Gasteiger partial charge in [0.05, 0.1) is 0 Å². The minimum Gasteiger partial charge on any atom is -0.409 e. The lowest BCUT2D eigenvalue weighted by atomic mass is 10.1. The van der Waals surface area contributed by atoms with Crippen molar-refractivity contribution in [2.24, 2.45) is 16.8 Å². The number of nitrogens with one attached hydrogen (secondary N) is 1. The number of benzene rings is 1. The summed E-state index contributed by atoms with van der Waals surface area (Å²) in [4.78, 5) is 0. The van der Waals surface area contributed by atoms with Gasteiger partial charge >= 0.3 is 6.18 Å². The molecule has 0 spiro atoms. The van der Waals surface area contributed by atoms with Crippen molar-refractivity contribution >= 4 is 5.84 Å². The van der Waals surface area contributed by atoms with E-state index in [0.717, 1.165) is 0 Å². The van der Waals surface area contributed by atoms with E-state index in [0.29, 0.717) is 5.56 Å². The monoisotopic (exact) mass is 293 g/mol. The quantitative estimate of drug-likeness (QED) is 0.257. The molecule has 2 atom stereocenters. The lowest BCUT2D eigenvalue weighted by Crippen LogP contribution is -2.43. The van der Waals surface area contributed by atoms with Crippen molar-refractivity contribution in [2.75, 3.05) is 6.54 Å². The maximum absolute atomic E-state index is 12.7. The van der Waals surface area contributed by atoms with E-state index in [4.69, 9.17) is 10.9 Å². The number of hydrogen-bond donors (Lipinski definition) is 3. The first-order valence-electron chi connectivity index (χ1n) is 5.78. The molecular weight excluding hydrogens is 278 g/mol. The fourth-order valence-electron chi connectivity index (χ4n) is 1.62. The highest BCUT2D eigenvalue weighted by Gasteiger charge is 2.42. The second-order valence-electron chi connectivity index (χ2n) is 4.30. The van der Waals surface area contributed by atoms with Gasteiger partial charge in [-0.15, -0.1) is 0 Å². The second-order valence-corrected chi connectivity index (χ2v) is 4.30. The van der Waals surface area contributed by atoms with Crippen LogP contribution in [0.4, 0.5) is 17.6 Å². The van der Waals surface area contributed by atoms with Gasteiger partial charge in [0.1, 0.15) is 11.7 Å². The van der Waals surface area contributed by atoms with Gasteiger partial charge in [0.2, 0.25) is 0 Å². The number of nitrogens with two attached hydrogens (primary N) is 1. The first-order valence-corrected chi connectivity index (χ1v) is 5.78. The number of nitrogens with zero attached hydrogens (tertiary/aromatic N) is 1. The third-order valence-electron chi connectivity index (χ3n) is 2.87. The van der Waals surface area contributed by atoms with Gasteiger partial charge in [-0.2, -0.15) is 13.2 Å². The summed E-state index contributed by atoms with van der Waals surface area (Å²) in [5.74, 6) is -3.42. The van der Waals surface area contributed by atoms with Gasteiger partial charge in [0, 0.05) is 12.6 Å². The maximum Gasteiger partial charge on any atom is 0.400 e. The summed E-state index contributed by atoms with van der Waals surface area (Å²) in [6.07, 6.45) is -4.62. The second kappa shape index (κ2) is 6.56. The molecule has 0 saturated heterocycles. The third kappa shape index (κ3) is 4.37. The van der Waals surface area contributed by atoms with Crippen molar-refractivity contribution in [3.8, 4) is 0 Å². The van der Waals surface area contributed by atoms with E-state index in [1.54, 1.807) is 6.92 Å². The fourth-order valence-corrected chi connectivity index (χ4v) is 1.62. The van der Waals surface area contributed by atoms with E-state index in [1.165, 1.54) is 24.3 Å². The average molecular weight is 293 g/mol. The summed E-state index contributed by atoms with van der Waals surface area (Å²) in [6.45, 7) is 1.09. The smallest absolute Gasteiger partial charge is 0.400 e. The molecule has 0 fully saturated rings. The summed E-state index contributed by atoms with van der Waals surface area (Å²) in [5.41, 5.74) is 5.67. The molecule has 0 amide bonds. The van der Waals surface area contributed by atoms with Crippen molar-refractivity contribution in [3.63, 3.8) is 0 Å². The molecular formula is C12H15F4N3O. The van der Waals surface area contributed by atoms with Crippen LogP contribution in [0.15, 0.2) is 29.4 Å². The summed E-state index contributed by atoms with van der Waals surface area (Å²) in [7, 11) is 0. The van der Waals surface area contributed by atoms with E-state index >= 15 is 0 Å². The summed E-state index contributed by atoms with van der Waals surface area (Å²) < 4.78 is 50.8. The molecule has 1 aromatic carbocycles. The van der Waals surface area contributed by atoms with Crippen molar-refractivity contribution in [3.05, 3.63) is 35.6 Å². The molecule has 1 aromatic rings. The largest absolute Gasteiger partial charge is 0.409 e. The average Bonchev–Trinajstić information content (AvgIpc) is 2.37. The van der Waals surface area contributed by atoms with E-state index in [-0.39, 0.29) is 0 Å². The zero-order valence-corrected chi connectivity index (χ0v) is 10.7. The van der Waals surface area contributed by atoms with Crippen LogP contribution < -0.4 is 11.1 Å². The number of amidine groups is 1. The normalized spacial score (nSPS) is 15.9. The Morgan fingerprint density at radius 2 is 1.90 bits per heavy atom. The zero-order valence-electron chi connectivity index (χ0n) is 10.7. The lowest BCUT2D eigenvalue weighted by molar-refractivity contribution is -0.155. The molecule has 8 heteroatoms. The van der Waals surface area contributed by atoms with Gasteiger partial charge in [0.15, 0.2) is 5.84 Å². The van der Waals surface area contributed by atoms with Crippen LogP contribution >= 0.6 is 0 Å². The molecule has 0 radical (unpaired) electrons. The molecule has 0 aromatic heterocycles. The Bertz CT molecular complexity index is 459. The Morgan fingerprint density at radius 3 is 2.35 bits per heavy atom. The van der Waals surface area contributed by atoms with Gasteiger partial charge in [-0.3, -0.25) is 0 Å². The standard InChI is InChI=1S/C12H15F4N3O/c1-7(8-2-4-9(13)5-3-8)18-6-10(11(17)19-20)12(14,15)16/h2-5,7,10,18,20H,6H2,1H3,(H2,17,19). The molecule has 0 heterocycles. The molecule has 4 nitrogen and oxygen atoms in total. The lowest BCUT2D eigenvalue weighted by Gasteiger charge is -2.22. The SMILES string of the molecule is CC(NCC(/C(N)=N/O)C(F)(F)F)c1ccc(F)cc1. The minimum absolute atomic E-state index is 0.425. The molecule has 112 valence electrons. The number of rotatable bonds is 5. The van der Waals surface area contributed by atoms with Crippen LogP contribution in [0.25, 0.3) is 0 Å². The number of halogens is 4. The van der Waals surface area contributed by atoms with Crippen LogP contribution in [-0.2, 0) is 0 Å². The minimum atomic E-state index is -4.62. The zero-order chi connectivity index (χ0) is 15.3. The molecule has 2 unspecified atom stereocenters. The first-order chi connectivity index (χ1) is 9.25. The number of hydrogen-bond acceptors (Lipinski definition) is 3. The third-order valence-corrected chi connectivity index (χ3v) is 2.87. The molecule has 4 N–H and O–H groups in total. The van der Waals surface area contributed by atoms with E-state index < -0.39 is 36.3 Å². The molecule has 20 heavy (non-hydrogen) atoms. The van der Waals surface area contributed by atoms with Gasteiger partial charge in [-0.25, -0.2) is 4.39 Å². The summed E-state index contributed by atoms with van der Waals surface area (Å²) in [6, 6.07) is 4.95. The Hall–Kier alpha value is -1.83. The van der Waals surface area contributed by atoms with Crippen LogP contribution in [0.5, 0.6) is 0 Å². The van der Waals surface area contributed by atoms with Gasteiger partial charge in [-0.05, 0) is 24.6 Å². The number of oxime groups is 1. The molecule has 0 bridgehead atoms. The van der Waals surface area contributed by atoms with Crippen LogP contribution in [-0.4, -0.2) is 23.8 Å². The van der Waals surface area contributed by atoms with Crippen LogP contribution in [0.1, 0.15) is 18.5 Å². The Kier molecular flexibility index (Phi) is 5.32. The first kappa shape index (κ1) is 16.2. The molecule has 0 saturated carbocycles. The van der Waals surface area contributed by atoms with Crippen molar-refractivity contribution < 1.29 is 22.8 Å². The van der Waals surface area contributed by atoms with Crippen LogP contribution in [0, 0.1) is 11.7 Å². The number of alkyl halides is 3. The summed E-state index contributed by atoms with van der Waals surface area (Å²) >= 11 is 0. The highest BCUT2D eigenvalue weighted by molar-refractivity contribution is 5.83. The fraction of sp³-hybridized carbons (Fsp3) is 0.417. The van der Waals surface area contributed by atoms with Crippen LogP contribution in [0.2, 0.25) is 0 Å². The predicted molar refractivity (Wildman–Crippen MR) is 65.8 cm³/mol.